The SMILES string of the molecule is CCN(Cc1csc(-c2ccsc2)n1)C1CCC(N)CC1. The zero-order valence-corrected chi connectivity index (χ0v) is 14.1. The van der Waals surface area contributed by atoms with E-state index < -0.39 is 0 Å². The molecular weight excluding hydrogens is 298 g/mol. The van der Waals surface area contributed by atoms with Gasteiger partial charge in [-0.2, -0.15) is 11.3 Å². The summed E-state index contributed by atoms with van der Waals surface area (Å²) in [5.41, 5.74) is 8.48. The van der Waals surface area contributed by atoms with Gasteiger partial charge in [0.25, 0.3) is 0 Å². The minimum atomic E-state index is 0.421. The predicted molar refractivity (Wildman–Crippen MR) is 91.7 cm³/mol. The number of hydrogen-bond donors (Lipinski definition) is 1. The topological polar surface area (TPSA) is 42.2 Å². The second-order valence-electron chi connectivity index (χ2n) is 5.79. The van der Waals surface area contributed by atoms with Gasteiger partial charge in [-0.3, -0.25) is 4.90 Å². The number of thiophene rings is 1. The van der Waals surface area contributed by atoms with Crippen LogP contribution in [0.2, 0.25) is 0 Å². The average Bonchev–Trinajstić information content (AvgIpc) is 3.17. The van der Waals surface area contributed by atoms with Crippen molar-refractivity contribution in [2.45, 2.75) is 51.2 Å². The Morgan fingerprint density at radius 2 is 2.10 bits per heavy atom. The molecule has 21 heavy (non-hydrogen) atoms. The van der Waals surface area contributed by atoms with Crippen LogP contribution in [0.15, 0.2) is 22.2 Å². The summed E-state index contributed by atoms with van der Waals surface area (Å²) in [5.74, 6) is 0. The molecule has 0 bridgehead atoms. The minimum absolute atomic E-state index is 0.421. The van der Waals surface area contributed by atoms with Gasteiger partial charge >= 0.3 is 0 Å². The Labute approximate surface area is 134 Å². The third-order valence-electron chi connectivity index (χ3n) is 4.35. The fraction of sp³-hybridized carbons (Fsp3) is 0.562. The van der Waals surface area contributed by atoms with Gasteiger partial charge in [0.2, 0.25) is 0 Å². The van der Waals surface area contributed by atoms with Crippen LogP contribution in [0.3, 0.4) is 0 Å². The molecule has 2 aromatic heterocycles. The summed E-state index contributed by atoms with van der Waals surface area (Å²) >= 11 is 3.49. The van der Waals surface area contributed by atoms with E-state index >= 15 is 0 Å². The summed E-state index contributed by atoms with van der Waals surface area (Å²) in [6.07, 6.45) is 4.80. The standard InChI is InChI=1S/C16H23N3S2/c1-2-19(15-5-3-13(17)4-6-15)9-14-11-21-16(18-14)12-7-8-20-10-12/h7-8,10-11,13,15H,2-6,9,17H2,1H3. The van der Waals surface area contributed by atoms with Crippen molar-refractivity contribution in [3.8, 4) is 10.6 Å². The van der Waals surface area contributed by atoms with Crippen LogP contribution >= 0.6 is 22.7 Å². The molecule has 0 aliphatic heterocycles. The van der Waals surface area contributed by atoms with Crippen molar-refractivity contribution >= 4 is 22.7 Å². The molecule has 0 amide bonds. The molecule has 2 N–H and O–H groups in total. The first-order valence-electron chi connectivity index (χ1n) is 7.73. The minimum Gasteiger partial charge on any atom is -0.328 e. The van der Waals surface area contributed by atoms with Gasteiger partial charge < -0.3 is 5.73 Å². The number of rotatable bonds is 5. The number of hydrogen-bond acceptors (Lipinski definition) is 5. The Balaban J connectivity index is 1.64. The maximum Gasteiger partial charge on any atom is 0.124 e. The van der Waals surface area contributed by atoms with E-state index in [9.17, 15) is 0 Å². The molecule has 0 spiro atoms. The highest BCUT2D eigenvalue weighted by Gasteiger charge is 2.23. The van der Waals surface area contributed by atoms with Crippen molar-refractivity contribution in [3.05, 3.63) is 27.9 Å². The van der Waals surface area contributed by atoms with E-state index in [0.717, 1.165) is 18.1 Å². The summed E-state index contributed by atoms with van der Waals surface area (Å²) in [6.45, 7) is 4.31. The highest BCUT2D eigenvalue weighted by atomic mass is 32.1. The maximum atomic E-state index is 6.02. The number of nitrogens with zero attached hydrogens (tertiary/aromatic N) is 2. The molecule has 0 atom stereocenters. The van der Waals surface area contributed by atoms with Crippen LogP contribution in [0.5, 0.6) is 0 Å². The Bertz CT molecular complexity index is 542. The Morgan fingerprint density at radius 3 is 2.76 bits per heavy atom. The molecule has 0 radical (unpaired) electrons. The molecule has 0 aromatic carbocycles. The molecule has 2 heterocycles. The fourth-order valence-electron chi connectivity index (χ4n) is 3.07. The summed E-state index contributed by atoms with van der Waals surface area (Å²) < 4.78 is 0. The smallest absolute Gasteiger partial charge is 0.124 e. The molecule has 3 rings (SSSR count). The monoisotopic (exact) mass is 321 g/mol. The predicted octanol–water partition coefficient (Wildman–Crippen LogP) is 3.96. The van der Waals surface area contributed by atoms with Gasteiger partial charge in [-0.15, -0.1) is 11.3 Å². The first kappa shape index (κ1) is 15.2. The Kier molecular flexibility index (Phi) is 5.06. The summed E-state index contributed by atoms with van der Waals surface area (Å²) in [5, 5.41) is 7.64. The second kappa shape index (κ2) is 7.01. The molecular formula is C16H23N3S2. The highest BCUT2D eigenvalue weighted by molar-refractivity contribution is 7.14. The van der Waals surface area contributed by atoms with Gasteiger partial charge in [0, 0.05) is 35.0 Å². The lowest BCUT2D eigenvalue weighted by Gasteiger charge is -2.35. The average molecular weight is 322 g/mol. The van der Waals surface area contributed by atoms with Gasteiger partial charge in [-0.1, -0.05) is 6.92 Å². The molecule has 1 aliphatic rings. The summed E-state index contributed by atoms with van der Waals surface area (Å²) in [4.78, 5) is 7.38. The van der Waals surface area contributed by atoms with E-state index in [-0.39, 0.29) is 0 Å². The van der Waals surface area contributed by atoms with Crippen LogP contribution in [0.1, 0.15) is 38.3 Å². The Hall–Kier alpha value is -0.750. The lowest BCUT2D eigenvalue weighted by Crippen LogP contribution is -2.40. The molecule has 0 saturated heterocycles. The molecule has 1 saturated carbocycles. The van der Waals surface area contributed by atoms with Crippen LogP contribution in [0.25, 0.3) is 10.6 Å². The molecule has 2 aromatic rings. The van der Waals surface area contributed by atoms with E-state index in [2.05, 4.69) is 34.0 Å². The number of thiazole rings is 1. The van der Waals surface area contributed by atoms with E-state index in [1.54, 1.807) is 22.7 Å². The van der Waals surface area contributed by atoms with Crippen molar-refractivity contribution in [2.75, 3.05) is 6.54 Å². The second-order valence-corrected chi connectivity index (χ2v) is 7.43. The molecule has 3 nitrogen and oxygen atoms in total. The van der Waals surface area contributed by atoms with Crippen molar-refractivity contribution in [3.63, 3.8) is 0 Å². The zero-order chi connectivity index (χ0) is 14.7. The summed E-state index contributed by atoms with van der Waals surface area (Å²) in [7, 11) is 0. The highest BCUT2D eigenvalue weighted by Crippen LogP contribution is 2.28. The number of nitrogens with two attached hydrogens (primary N) is 1. The van der Waals surface area contributed by atoms with Crippen molar-refractivity contribution < 1.29 is 0 Å². The lowest BCUT2D eigenvalue weighted by atomic mass is 9.90. The quantitative estimate of drug-likeness (QED) is 0.906. The van der Waals surface area contributed by atoms with Crippen LogP contribution < -0.4 is 5.73 Å². The molecule has 1 fully saturated rings. The van der Waals surface area contributed by atoms with Gasteiger partial charge in [0.15, 0.2) is 0 Å². The van der Waals surface area contributed by atoms with E-state index in [0.29, 0.717) is 12.1 Å². The van der Waals surface area contributed by atoms with Crippen LogP contribution in [0.4, 0.5) is 0 Å². The lowest BCUT2D eigenvalue weighted by molar-refractivity contribution is 0.148. The molecule has 114 valence electrons. The van der Waals surface area contributed by atoms with Gasteiger partial charge in [-0.25, -0.2) is 4.98 Å². The van der Waals surface area contributed by atoms with Crippen molar-refractivity contribution in [1.82, 2.24) is 9.88 Å². The van der Waals surface area contributed by atoms with E-state index in [4.69, 9.17) is 10.7 Å². The third kappa shape index (κ3) is 3.72. The van der Waals surface area contributed by atoms with Crippen molar-refractivity contribution in [2.24, 2.45) is 5.73 Å². The Morgan fingerprint density at radius 1 is 1.29 bits per heavy atom. The molecule has 5 heteroatoms. The first-order chi connectivity index (χ1) is 10.3. The van der Waals surface area contributed by atoms with Crippen LogP contribution in [-0.2, 0) is 6.54 Å². The van der Waals surface area contributed by atoms with Crippen molar-refractivity contribution in [1.29, 1.82) is 0 Å². The third-order valence-corrected chi connectivity index (χ3v) is 5.97. The van der Waals surface area contributed by atoms with E-state index in [1.165, 1.54) is 36.9 Å². The normalized spacial score (nSPS) is 22.8. The summed E-state index contributed by atoms with van der Waals surface area (Å²) in [6, 6.07) is 3.25. The van der Waals surface area contributed by atoms with Gasteiger partial charge in [0.05, 0.1) is 5.69 Å². The largest absolute Gasteiger partial charge is 0.328 e. The van der Waals surface area contributed by atoms with Gasteiger partial charge in [-0.05, 0) is 43.7 Å². The van der Waals surface area contributed by atoms with E-state index in [1.807, 2.05) is 0 Å². The molecule has 1 aliphatic carbocycles. The first-order valence-corrected chi connectivity index (χ1v) is 9.55. The van der Waals surface area contributed by atoms with Gasteiger partial charge in [0.1, 0.15) is 5.01 Å². The van der Waals surface area contributed by atoms with Crippen LogP contribution in [-0.4, -0.2) is 28.5 Å². The number of aromatic nitrogens is 1. The zero-order valence-electron chi connectivity index (χ0n) is 12.5. The maximum absolute atomic E-state index is 6.02. The van der Waals surface area contributed by atoms with Crippen LogP contribution in [0, 0.1) is 0 Å². The fourth-order valence-corrected chi connectivity index (χ4v) is 4.60. The molecule has 0 unspecified atom stereocenters.